The van der Waals surface area contributed by atoms with Gasteiger partial charge in [-0.3, -0.25) is 9.11 Å². The minimum atomic E-state index is -5.12. The fraction of sp³-hybridized carbons (Fsp3) is 0.167. The maximum absolute atomic E-state index is 9.44. The van der Waals surface area contributed by atoms with E-state index in [1.54, 1.807) is 18.4 Å². The van der Waals surface area contributed by atoms with Crippen molar-refractivity contribution < 1.29 is 29.6 Å². The Bertz CT molecular complexity index is 553. The van der Waals surface area contributed by atoms with Crippen LogP contribution in [0.2, 0.25) is 0 Å². The highest BCUT2D eigenvalue weighted by atomic mass is 32.3. The normalized spacial score (nSPS) is 15.2. The lowest BCUT2D eigenvalue weighted by Gasteiger charge is -2.13. The predicted octanol–water partition coefficient (Wildman–Crippen LogP) is -1.25. The largest absolute Gasteiger partial charge is 0.413 e. The number of hydrazine groups is 1. The topological polar surface area (TPSA) is 171 Å². The van der Waals surface area contributed by atoms with Crippen molar-refractivity contribution in [2.75, 3.05) is 6.54 Å². The molecule has 18 heavy (non-hydrogen) atoms. The summed E-state index contributed by atoms with van der Waals surface area (Å²) in [6.45, 7) is 0.624. The standard InChI is InChI=1S/C6H7N3.H2O7S2/c7-5-6-1-3-9(8)4-2-6;1-8(2,3)7-9(4,5)6/h1-3H,4,8H2;(H,1,2,3)(H,4,5,6). The molecule has 0 saturated heterocycles. The molecule has 0 aromatic carbocycles. The van der Waals surface area contributed by atoms with Gasteiger partial charge in [-0.05, 0) is 12.2 Å². The quantitative estimate of drug-likeness (QED) is 0.413. The second-order valence-corrected chi connectivity index (χ2v) is 4.96. The van der Waals surface area contributed by atoms with E-state index in [0.29, 0.717) is 12.1 Å². The molecule has 0 aromatic heterocycles. The van der Waals surface area contributed by atoms with Gasteiger partial charge < -0.3 is 5.01 Å². The van der Waals surface area contributed by atoms with Crippen LogP contribution < -0.4 is 5.84 Å². The van der Waals surface area contributed by atoms with Crippen LogP contribution in [-0.4, -0.2) is 37.5 Å². The van der Waals surface area contributed by atoms with Crippen LogP contribution in [0.25, 0.3) is 0 Å². The van der Waals surface area contributed by atoms with Gasteiger partial charge in [-0.15, -0.1) is 3.63 Å². The molecule has 1 heterocycles. The van der Waals surface area contributed by atoms with Gasteiger partial charge in [0.25, 0.3) is 0 Å². The lowest BCUT2D eigenvalue weighted by atomic mass is 10.2. The third kappa shape index (κ3) is 9.72. The average molecular weight is 299 g/mol. The maximum Gasteiger partial charge on any atom is 0.413 e. The molecule has 0 aliphatic carbocycles. The summed E-state index contributed by atoms with van der Waals surface area (Å²) in [6.07, 6.45) is 5.14. The molecule has 0 atom stereocenters. The Labute approximate surface area is 103 Å². The molecule has 0 bridgehead atoms. The first-order valence-corrected chi connectivity index (χ1v) is 6.72. The van der Waals surface area contributed by atoms with Crippen molar-refractivity contribution in [2.24, 2.45) is 5.84 Å². The monoisotopic (exact) mass is 299 g/mol. The van der Waals surface area contributed by atoms with Gasteiger partial charge in [-0.25, -0.2) is 5.84 Å². The molecule has 0 fully saturated rings. The summed E-state index contributed by atoms with van der Waals surface area (Å²) >= 11 is 0. The highest BCUT2D eigenvalue weighted by Gasteiger charge is 2.15. The second kappa shape index (κ2) is 6.44. The molecule has 1 aliphatic heterocycles. The molecule has 12 heteroatoms. The summed E-state index contributed by atoms with van der Waals surface area (Å²) in [5.74, 6) is 5.34. The number of rotatable bonds is 2. The second-order valence-electron chi connectivity index (χ2n) is 2.71. The number of nitriles is 1. The summed E-state index contributed by atoms with van der Waals surface area (Å²) in [5, 5.41) is 9.86. The first kappa shape index (κ1) is 16.5. The van der Waals surface area contributed by atoms with Crippen LogP contribution in [0.15, 0.2) is 23.9 Å². The molecule has 102 valence electrons. The summed E-state index contributed by atoms with van der Waals surface area (Å²) in [7, 11) is -10.2. The number of hydrogen-bond acceptors (Lipinski definition) is 8. The Morgan fingerprint density at radius 2 is 1.83 bits per heavy atom. The van der Waals surface area contributed by atoms with E-state index in [4.69, 9.17) is 20.2 Å². The van der Waals surface area contributed by atoms with Crippen molar-refractivity contribution in [2.45, 2.75) is 0 Å². The zero-order valence-electron chi connectivity index (χ0n) is 8.66. The molecule has 1 rings (SSSR count). The zero-order valence-corrected chi connectivity index (χ0v) is 10.3. The van der Waals surface area contributed by atoms with Crippen molar-refractivity contribution in [1.29, 1.82) is 5.26 Å². The van der Waals surface area contributed by atoms with Crippen LogP contribution in [0.1, 0.15) is 0 Å². The number of nitrogens with two attached hydrogens (primary N) is 1. The van der Waals surface area contributed by atoms with Gasteiger partial charge in [-0.2, -0.15) is 22.1 Å². The fourth-order valence-electron chi connectivity index (χ4n) is 0.700. The van der Waals surface area contributed by atoms with E-state index >= 15 is 0 Å². The van der Waals surface area contributed by atoms with Crippen molar-refractivity contribution in [3.63, 3.8) is 0 Å². The van der Waals surface area contributed by atoms with Crippen LogP contribution >= 0.6 is 0 Å². The van der Waals surface area contributed by atoms with Crippen molar-refractivity contribution in [3.8, 4) is 6.07 Å². The lowest BCUT2D eigenvalue weighted by molar-refractivity contribution is 0.344. The summed E-state index contributed by atoms with van der Waals surface area (Å²) in [6, 6.07) is 2.02. The Morgan fingerprint density at radius 3 is 2.06 bits per heavy atom. The number of nitrogens with zero attached hydrogens (tertiary/aromatic N) is 2. The molecule has 0 radical (unpaired) electrons. The molecular formula is C6H9N3O7S2. The highest BCUT2D eigenvalue weighted by molar-refractivity contribution is 7.94. The molecule has 1 aliphatic rings. The third-order valence-electron chi connectivity index (χ3n) is 1.27. The molecular weight excluding hydrogens is 290 g/mol. The number of hydrogen-bond donors (Lipinski definition) is 3. The van der Waals surface area contributed by atoms with Crippen LogP contribution in [0.5, 0.6) is 0 Å². The average Bonchev–Trinajstić information content (AvgIpc) is 2.14. The smallest absolute Gasteiger partial charge is 0.314 e. The highest BCUT2D eigenvalue weighted by Crippen LogP contribution is 2.00. The molecule has 0 saturated carbocycles. The van der Waals surface area contributed by atoms with Gasteiger partial charge in [-0.1, -0.05) is 0 Å². The molecule has 0 amide bonds. The SMILES string of the molecule is N#CC1=CCN(N)C=C1.O=S(=O)(O)OS(=O)(=O)O. The van der Waals surface area contributed by atoms with Gasteiger partial charge in [0.15, 0.2) is 0 Å². The van der Waals surface area contributed by atoms with Gasteiger partial charge in [0, 0.05) is 6.20 Å². The molecule has 10 nitrogen and oxygen atoms in total. The van der Waals surface area contributed by atoms with Crippen LogP contribution in [0.3, 0.4) is 0 Å². The van der Waals surface area contributed by atoms with Gasteiger partial charge >= 0.3 is 20.8 Å². The van der Waals surface area contributed by atoms with E-state index in [-0.39, 0.29) is 0 Å². The zero-order chi connectivity index (χ0) is 14.4. The van der Waals surface area contributed by atoms with Crippen LogP contribution in [-0.2, 0) is 24.4 Å². The van der Waals surface area contributed by atoms with E-state index in [1.165, 1.54) is 5.01 Å². The van der Waals surface area contributed by atoms with Gasteiger partial charge in [0.2, 0.25) is 0 Å². The first-order valence-electron chi connectivity index (χ1n) is 3.99. The predicted molar refractivity (Wildman–Crippen MR) is 57.9 cm³/mol. The molecule has 0 unspecified atom stereocenters. The molecule has 0 spiro atoms. The van der Waals surface area contributed by atoms with Crippen molar-refractivity contribution in [1.82, 2.24) is 5.01 Å². The minimum absolute atomic E-state index is 0.624. The third-order valence-corrected chi connectivity index (χ3v) is 2.64. The Balaban J connectivity index is 0.000000321. The minimum Gasteiger partial charge on any atom is -0.314 e. The van der Waals surface area contributed by atoms with Gasteiger partial charge in [0.05, 0.1) is 18.2 Å². The molecule has 4 N–H and O–H groups in total. The van der Waals surface area contributed by atoms with Gasteiger partial charge in [0.1, 0.15) is 0 Å². The maximum atomic E-state index is 9.44. The summed E-state index contributed by atoms with van der Waals surface area (Å²) in [5.41, 5.74) is 0.678. The fourth-order valence-corrected chi connectivity index (χ4v) is 1.57. The van der Waals surface area contributed by atoms with Crippen molar-refractivity contribution >= 4 is 20.8 Å². The first-order chi connectivity index (χ1) is 8.03. The van der Waals surface area contributed by atoms with E-state index in [0.717, 1.165) is 0 Å². The van der Waals surface area contributed by atoms with E-state index in [2.05, 4.69) is 3.63 Å². The summed E-state index contributed by atoms with van der Waals surface area (Å²) in [4.78, 5) is 0. The molecule has 0 aromatic rings. The Morgan fingerprint density at radius 1 is 1.33 bits per heavy atom. The van der Waals surface area contributed by atoms with E-state index in [9.17, 15) is 16.8 Å². The Kier molecular flexibility index (Phi) is 5.91. The van der Waals surface area contributed by atoms with Crippen LogP contribution in [0.4, 0.5) is 0 Å². The van der Waals surface area contributed by atoms with Crippen LogP contribution in [0, 0.1) is 11.3 Å². The van der Waals surface area contributed by atoms with E-state index in [1.807, 2.05) is 6.07 Å². The number of allylic oxidation sites excluding steroid dienone is 2. The van der Waals surface area contributed by atoms with Crippen molar-refractivity contribution in [3.05, 3.63) is 23.9 Å². The Hall–Kier alpha value is -1.49. The lowest BCUT2D eigenvalue weighted by Crippen LogP contribution is -2.26. The summed E-state index contributed by atoms with van der Waals surface area (Å²) < 4.78 is 55.6. The van der Waals surface area contributed by atoms with E-state index < -0.39 is 20.8 Å².